The van der Waals surface area contributed by atoms with Crippen molar-refractivity contribution in [2.45, 2.75) is 18.6 Å². The highest BCUT2D eigenvalue weighted by atomic mass is 32.2. The Morgan fingerprint density at radius 2 is 1.60 bits per heavy atom. The van der Waals surface area contributed by atoms with E-state index in [0.717, 1.165) is 11.1 Å². The fourth-order valence-electron chi connectivity index (χ4n) is 2.98. The molecule has 0 spiro atoms. The van der Waals surface area contributed by atoms with Gasteiger partial charge in [-0.05, 0) is 17.5 Å². The number of carbonyl (C=O) groups excluding carboxylic acids is 1. The number of hydrogen-bond donors (Lipinski definition) is 1. The summed E-state index contributed by atoms with van der Waals surface area (Å²) >= 11 is 0. The number of rotatable bonds is 6. The van der Waals surface area contributed by atoms with Crippen molar-refractivity contribution in [3.05, 3.63) is 71.8 Å². The zero-order valence-electron chi connectivity index (χ0n) is 13.8. The molecule has 1 N–H and O–H groups in total. The lowest BCUT2D eigenvalue weighted by Crippen LogP contribution is -2.38. The molecule has 1 heterocycles. The molecule has 0 aliphatic carbocycles. The van der Waals surface area contributed by atoms with E-state index >= 15 is 0 Å². The molecular formula is C19H21NO4S. The van der Waals surface area contributed by atoms with Gasteiger partial charge in [-0.2, -0.15) is 0 Å². The fraction of sp³-hybridized carbons (Fsp3) is 0.316. The van der Waals surface area contributed by atoms with E-state index in [1.54, 1.807) is 0 Å². The number of benzene rings is 2. The zero-order chi connectivity index (χ0) is 17.7. The Kier molecular flexibility index (Phi) is 5.50. The van der Waals surface area contributed by atoms with Gasteiger partial charge in [-0.3, -0.25) is 4.79 Å². The van der Waals surface area contributed by atoms with Gasteiger partial charge in [0.15, 0.2) is 9.84 Å². The minimum Gasteiger partial charge on any atom is -0.359 e. The molecule has 1 amide bonds. The number of carbonyl (C=O) groups is 1. The molecule has 2 aromatic carbocycles. The third-order valence-corrected chi connectivity index (χ3v) is 5.95. The van der Waals surface area contributed by atoms with Crippen LogP contribution >= 0.6 is 0 Å². The van der Waals surface area contributed by atoms with Crippen LogP contribution in [-0.2, 0) is 19.4 Å². The topological polar surface area (TPSA) is 72.5 Å². The lowest BCUT2D eigenvalue weighted by molar-refractivity contribution is -0.127. The Balaban J connectivity index is 1.64. The molecule has 1 aliphatic heterocycles. The Morgan fingerprint density at radius 3 is 2.08 bits per heavy atom. The number of ether oxygens (including phenoxy) is 1. The van der Waals surface area contributed by atoms with Gasteiger partial charge in [0.25, 0.3) is 0 Å². The van der Waals surface area contributed by atoms with Gasteiger partial charge < -0.3 is 10.1 Å². The SMILES string of the molecule is O=C(COC(c1ccccc1)c1ccccc1)NC1CCS(=O)(=O)C1. The van der Waals surface area contributed by atoms with E-state index < -0.39 is 9.84 Å². The Morgan fingerprint density at radius 1 is 1.04 bits per heavy atom. The van der Waals surface area contributed by atoms with Crippen LogP contribution in [-0.4, -0.2) is 38.5 Å². The van der Waals surface area contributed by atoms with Crippen molar-refractivity contribution < 1.29 is 17.9 Å². The Labute approximate surface area is 147 Å². The zero-order valence-corrected chi connectivity index (χ0v) is 14.6. The average molecular weight is 359 g/mol. The molecule has 0 bridgehead atoms. The highest BCUT2D eigenvalue weighted by Gasteiger charge is 2.29. The molecule has 1 unspecified atom stereocenters. The number of nitrogens with one attached hydrogen (secondary N) is 1. The van der Waals surface area contributed by atoms with Crippen LogP contribution in [0, 0.1) is 0 Å². The molecule has 1 saturated heterocycles. The molecule has 132 valence electrons. The molecular weight excluding hydrogens is 338 g/mol. The molecule has 25 heavy (non-hydrogen) atoms. The van der Waals surface area contributed by atoms with E-state index in [9.17, 15) is 13.2 Å². The van der Waals surface area contributed by atoms with E-state index in [0.29, 0.717) is 6.42 Å². The first-order chi connectivity index (χ1) is 12.0. The van der Waals surface area contributed by atoms with Crippen molar-refractivity contribution in [3.8, 4) is 0 Å². The monoisotopic (exact) mass is 359 g/mol. The first-order valence-electron chi connectivity index (χ1n) is 8.25. The molecule has 2 aromatic rings. The molecule has 0 saturated carbocycles. The van der Waals surface area contributed by atoms with Gasteiger partial charge >= 0.3 is 0 Å². The summed E-state index contributed by atoms with van der Waals surface area (Å²) in [6, 6.07) is 19.1. The maximum atomic E-state index is 12.1. The Bertz CT molecular complexity index is 766. The molecule has 6 heteroatoms. The van der Waals surface area contributed by atoms with Crippen molar-refractivity contribution in [1.29, 1.82) is 0 Å². The second-order valence-corrected chi connectivity index (χ2v) is 8.41. The summed E-state index contributed by atoms with van der Waals surface area (Å²) < 4.78 is 28.8. The highest BCUT2D eigenvalue weighted by Crippen LogP contribution is 2.25. The summed E-state index contributed by atoms with van der Waals surface area (Å²) in [6.45, 7) is -0.120. The first-order valence-corrected chi connectivity index (χ1v) is 10.1. The lowest BCUT2D eigenvalue weighted by Gasteiger charge is -2.19. The third-order valence-electron chi connectivity index (χ3n) is 4.18. The normalized spacial score (nSPS) is 19.0. The third kappa shape index (κ3) is 4.90. The van der Waals surface area contributed by atoms with E-state index in [4.69, 9.17) is 4.74 Å². The van der Waals surface area contributed by atoms with E-state index in [-0.39, 0.29) is 36.2 Å². The molecule has 0 radical (unpaired) electrons. The average Bonchev–Trinajstić information content (AvgIpc) is 2.95. The molecule has 1 aliphatic rings. The quantitative estimate of drug-likeness (QED) is 0.857. The smallest absolute Gasteiger partial charge is 0.246 e. The van der Waals surface area contributed by atoms with Gasteiger partial charge in [0, 0.05) is 6.04 Å². The summed E-state index contributed by atoms with van der Waals surface area (Å²) in [7, 11) is -3.01. The van der Waals surface area contributed by atoms with Gasteiger partial charge in [0.2, 0.25) is 5.91 Å². The summed E-state index contributed by atoms with van der Waals surface area (Å²) in [5.74, 6) is -0.145. The molecule has 3 rings (SSSR count). The number of amides is 1. The van der Waals surface area contributed by atoms with Crippen molar-refractivity contribution in [3.63, 3.8) is 0 Å². The maximum Gasteiger partial charge on any atom is 0.246 e. The fourth-order valence-corrected chi connectivity index (χ4v) is 4.65. The largest absolute Gasteiger partial charge is 0.359 e. The first kappa shape index (κ1) is 17.6. The minimum absolute atomic E-state index is 0.0134. The summed E-state index contributed by atoms with van der Waals surface area (Å²) in [5, 5.41) is 2.75. The van der Waals surface area contributed by atoms with Gasteiger partial charge in [0.05, 0.1) is 11.5 Å². The highest BCUT2D eigenvalue weighted by molar-refractivity contribution is 7.91. The number of sulfone groups is 1. The van der Waals surface area contributed by atoms with Crippen molar-refractivity contribution in [2.24, 2.45) is 0 Å². The van der Waals surface area contributed by atoms with E-state index in [1.165, 1.54) is 0 Å². The van der Waals surface area contributed by atoms with Crippen LogP contribution < -0.4 is 5.32 Å². The van der Waals surface area contributed by atoms with Crippen LogP contribution in [0.25, 0.3) is 0 Å². The van der Waals surface area contributed by atoms with Gasteiger partial charge in [-0.25, -0.2) is 8.42 Å². The molecule has 5 nitrogen and oxygen atoms in total. The van der Waals surface area contributed by atoms with Crippen molar-refractivity contribution in [2.75, 3.05) is 18.1 Å². The molecule has 1 fully saturated rings. The van der Waals surface area contributed by atoms with Gasteiger partial charge in [0.1, 0.15) is 12.7 Å². The Hall–Kier alpha value is -2.18. The van der Waals surface area contributed by atoms with Crippen LogP contribution in [0.4, 0.5) is 0 Å². The second kappa shape index (κ2) is 7.80. The number of hydrogen-bond acceptors (Lipinski definition) is 4. The lowest BCUT2D eigenvalue weighted by atomic mass is 10.0. The maximum absolute atomic E-state index is 12.1. The van der Waals surface area contributed by atoms with Crippen LogP contribution in [0.2, 0.25) is 0 Å². The van der Waals surface area contributed by atoms with E-state index in [1.807, 2.05) is 60.7 Å². The van der Waals surface area contributed by atoms with Crippen LogP contribution in [0.5, 0.6) is 0 Å². The van der Waals surface area contributed by atoms with Crippen molar-refractivity contribution >= 4 is 15.7 Å². The van der Waals surface area contributed by atoms with Crippen LogP contribution in [0.15, 0.2) is 60.7 Å². The predicted octanol–water partition coefficient (Wildman–Crippen LogP) is 2.10. The van der Waals surface area contributed by atoms with E-state index in [2.05, 4.69) is 5.32 Å². The standard InChI is InChI=1S/C19H21NO4S/c21-18(20-17-11-12-25(22,23)14-17)13-24-19(15-7-3-1-4-8-15)16-9-5-2-6-10-16/h1-10,17,19H,11-14H2,(H,20,21). The molecule has 1 atom stereocenters. The van der Waals surface area contributed by atoms with Crippen LogP contribution in [0.1, 0.15) is 23.7 Å². The second-order valence-electron chi connectivity index (χ2n) is 6.18. The summed E-state index contributed by atoms with van der Waals surface area (Å²) in [6.07, 6.45) is 0.120. The van der Waals surface area contributed by atoms with Crippen LogP contribution in [0.3, 0.4) is 0 Å². The van der Waals surface area contributed by atoms with Gasteiger partial charge in [-0.1, -0.05) is 60.7 Å². The molecule has 0 aromatic heterocycles. The van der Waals surface area contributed by atoms with Crippen molar-refractivity contribution in [1.82, 2.24) is 5.32 Å². The summed E-state index contributed by atoms with van der Waals surface area (Å²) in [4.78, 5) is 12.1. The van der Waals surface area contributed by atoms with Gasteiger partial charge in [-0.15, -0.1) is 0 Å². The predicted molar refractivity (Wildman–Crippen MR) is 95.9 cm³/mol. The minimum atomic E-state index is -3.01. The summed E-state index contributed by atoms with van der Waals surface area (Å²) in [5.41, 5.74) is 1.93.